The number of nitrogens with one attached hydrogen (secondary N) is 1. The SMILES string of the molecule is COc1ccc(C)cc1NC(=O)N1CCCc2cc(Oc3ccnc4cc(OC)c(OC)cc34)ccc21. The Bertz CT molecular complexity index is 1470. The quantitative estimate of drug-likeness (QED) is 0.333. The number of carbonyl (C=O) groups is 1. The minimum Gasteiger partial charge on any atom is -0.495 e. The first kappa shape index (κ1) is 24.2. The minimum atomic E-state index is -0.195. The molecule has 8 heteroatoms. The number of hydrogen-bond acceptors (Lipinski definition) is 6. The lowest BCUT2D eigenvalue weighted by atomic mass is 10.0. The van der Waals surface area contributed by atoms with Crippen molar-refractivity contribution in [2.24, 2.45) is 0 Å². The standard InChI is InChI=1S/C29H29N3O5/c1-18-7-10-26(34-2)23(14-18)31-29(33)32-13-5-6-19-15-20(8-9-24(19)32)37-25-11-12-30-22-17-28(36-4)27(35-3)16-21(22)25/h7-12,14-17H,5-6,13H2,1-4H3,(H,31,33). The van der Waals surface area contributed by atoms with Gasteiger partial charge in [0.25, 0.3) is 0 Å². The smallest absolute Gasteiger partial charge is 0.326 e. The molecular weight excluding hydrogens is 470 g/mol. The Labute approximate surface area is 215 Å². The number of fused-ring (bicyclic) bond motifs is 2. The van der Waals surface area contributed by atoms with E-state index in [4.69, 9.17) is 18.9 Å². The molecule has 0 saturated heterocycles. The topological polar surface area (TPSA) is 82.2 Å². The molecule has 0 bridgehead atoms. The Morgan fingerprint density at radius 1 is 0.892 bits per heavy atom. The highest BCUT2D eigenvalue weighted by atomic mass is 16.5. The number of benzene rings is 3. The maximum Gasteiger partial charge on any atom is 0.326 e. The molecular formula is C29H29N3O5. The molecule has 2 amide bonds. The molecule has 1 aromatic heterocycles. The number of aryl methyl sites for hydroxylation is 2. The molecule has 1 aliphatic heterocycles. The zero-order chi connectivity index (χ0) is 25.9. The molecule has 1 aliphatic rings. The Hall–Kier alpha value is -4.46. The van der Waals surface area contributed by atoms with Crippen LogP contribution in [0, 0.1) is 6.92 Å². The van der Waals surface area contributed by atoms with Crippen LogP contribution in [0.5, 0.6) is 28.7 Å². The second-order valence-electron chi connectivity index (χ2n) is 8.82. The summed E-state index contributed by atoms with van der Waals surface area (Å²) in [5, 5.41) is 3.82. The summed E-state index contributed by atoms with van der Waals surface area (Å²) < 4.78 is 22.6. The number of methoxy groups -OCH3 is 3. The highest BCUT2D eigenvalue weighted by molar-refractivity contribution is 6.03. The molecule has 0 radical (unpaired) electrons. The van der Waals surface area contributed by atoms with Crippen molar-refractivity contribution in [3.8, 4) is 28.7 Å². The number of rotatable bonds is 6. The van der Waals surface area contributed by atoms with Crippen molar-refractivity contribution in [1.82, 2.24) is 4.98 Å². The summed E-state index contributed by atoms with van der Waals surface area (Å²) in [6, 6.07) is 16.8. The Kier molecular flexibility index (Phi) is 6.72. The summed E-state index contributed by atoms with van der Waals surface area (Å²) in [4.78, 5) is 19.5. The fraction of sp³-hybridized carbons (Fsp3) is 0.241. The van der Waals surface area contributed by atoms with E-state index in [1.54, 1.807) is 32.4 Å². The van der Waals surface area contributed by atoms with Crippen molar-refractivity contribution in [3.63, 3.8) is 0 Å². The van der Waals surface area contributed by atoms with Crippen LogP contribution in [0.4, 0.5) is 16.2 Å². The van der Waals surface area contributed by atoms with E-state index in [1.165, 1.54) is 0 Å². The number of ether oxygens (including phenoxy) is 4. The van der Waals surface area contributed by atoms with Crippen LogP contribution in [0.15, 0.2) is 60.8 Å². The van der Waals surface area contributed by atoms with Crippen LogP contribution in [0.1, 0.15) is 17.5 Å². The van der Waals surface area contributed by atoms with Crippen LogP contribution in [0.3, 0.4) is 0 Å². The van der Waals surface area contributed by atoms with Crippen LogP contribution < -0.4 is 29.2 Å². The minimum absolute atomic E-state index is 0.195. The Balaban J connectivity index is 1.41. The maximum atomic E-state index is 13.2. The van der Waals surface area contributed by atoms with Crippen molar-refractivity contribution < 1.29 is 23.7 Å². The monoisotopic (exact) mass is 499 g/mol. The lowest BCUT2D eigenvalue weighted by Crippen LogP contribution is -2.38. The number of carbonyl (C=O) groups excluding carboxylic acids is 1. The molecule has 0 aliphatic carbocycles. The fourth-order valence-corrected chi connectivity index (χ4v) is 4.61. The van der Waals surface area contributed by atoms with Crippen molar-refractivity contribution in [2.45, 2.75) is 19.8 Å². The van der Waals surface area contributed by atoms with Crippen LogP contribution in [0.2, 0.25) is 0 Å². The Morgan fingerprint density at radius 2 is 1.68 bits per heavy atom. The molecule has 0 fully saturated rings. The third-order valence-electron chi connectivity index (χ3n) is 6.45. The summed E-state index contributed by atoms with van der Waals surface area (Å²) in [6.07, 6.45) is 3.41. The van der Waals surface area contributed by atoms with Crippen molar-refractivity contribution in [1.29, 1.82) is 0 Å². The van der Waals surface area contributed by atoms with E-state index in [0.717, 1.165) is 40.6 Å². The van der Waals surface area contributed by atoms with Crippen LogP contribution in [-0.4, -0.2) is 38.9 Å². The molecule has 8 nitrogen and oxygen atoms in total. The van der Waals surface area contributed by atoms with Crippen molar-refractivity contribution in [3.05, 3.63) is 71.9 Å². The fourth-order valence-electron chi connectivity index (χ4n) is 4.61. The molecule has 1 N–H and O–H groups in total. The summed E-state index contributed by atoms with van der Waals surface area (Å²) in [7, 11) is 4.79. The normalized spacial score (nSPS) is 12.6. The van der Waals surface area contributed by atoms with Crippen molar-refractivity contribution in [2.75, 3.05) is 38.1 Å². The van der Waals surface area contributed by atoms with E-state index in [0.29, 0.717) is 41.0 Å². The average Bonchev–Trinajstić information content (AvgIpc) is 2.92. The highest BCUT2D eigenvalue weighted by Gasteiger charge is 2.24. The van der Waals surface area contributed by atoms with Gasteiger partial charge in [-0.1, -0.05) is 6.07 Å². The summed E-state index contributed by atoms with van der Waals surface area (Å²) in [5.41, 5.74) is 4.34. The van der Waals surface area contributed by atoms with E-state index >= 15 is 0 Å². The van der Waals surface area contributed by atoms with Gasteiger partial charge in [-0.3, -0.25) is 9.88 Å². The number of aromatic nitrogens is 1. The molecule has 3 aromatic carbocycles. The van der Waals surface area contributed by atoms with Gasteiger partial charge in [0.05, 0.1) is 32.5 Å². The molecule has 0 saturated carbocycles. The third-order valence-corrected chi connectivity index (χ3v) is 6.45. The van der Waals surface area contributed by atoms with E-state index < -0.39 is 0 Å². The predicted octanol–water partition coefficient (Wildman–Crippen LogP) is 6.35. The lowest BCUT2D eigenvalue weighted by molar-refractivity contribution is 0.256. The zero-order valence-corrected chi connectivity index (χ0v) is 21.3. The van der Waals surface area contributed by atoms with Crippen LogP contribution in [0.25, 0.3) is 10.9 Å². The summed E-state index contributed by atoms with van der Waals surface area (Å²) >= 11 is 0. The van der Waals surface area contributed by atoms with Gasteiger partial charge in [0.15, 0.2) is 11.5 Å². The van der Waals surface area contributed by atoms with Crippen LogP contribution >= 0.6 is 0 Å². The molecule has 0 unspecified atom stereocenters. The highest BCUT2D eigenvalue weighted by Crippen LogP contribution is 2.38. The average molecular weight is 500 g/mol. The predicted molar refractivity (Wildman–Crippen MR) is 144 cm³/mol. The largest absolute Gasteiger partial charge is 0.495 e. The number of pyridine rings is 1. The maximum absolute atomic E-state index is 13.2. The van der Waals surface area contributed by atoms with Gasteiger partial charge in [-0.15, -0.1) is 0 Å². The van der Waals surface area contributed by atoms with Gasteiger partial charge in [0, 0.05) is 29.9 Å². The molecule has 5 rings (SSSR count). The first-order valence-corrected chi connectivity index (χ1v) is 12.1. The number of nitrogens with zero attached hydrogens (tertiary/aromatic N) is 2. The first-order chi connectivity index (χ1) is 18.0. The first-order valence-electron chi connectivity index (χ1n) is 12.1. The second kappa shape index (κ2) is 10.3. The molecule has 37 heavy (non-hydrogen) atoms. The van der Waals surface area contributed by atoms with E-state index in [2.05, 4.69) is 10.3 Å². The van der Waals surface area contributed by atoms with E-state index in [1.807, 2.05) is 61.5 Å². The van der Waals surface area contributed by atoms with Gasteiger partial charge in [-0.25, -0.2) is 4.79 Å². The Morgan fingerprint density at radius 3 is 2.46 bits per heavy atom. The van der Waals surface area contributed by atoms with Gasteiger partial charge in [0.1, 0.15) is 17.2 Å². The number of anilines is 2. The molecule has 2 heterocycles. The van der Waals surface area contributed by atoms with E-state index in [-0.39, 0.29) is 6.03 Å². The van der Waals surface area contributed by atoms with Crippen LogP contribution in [-0.2, 0) is 6.42 Å². The molecule has 0 atom stereocenters. The van der Waals surface area contributed by atoms with Gasteiger partial charge < -0.3 is 24.3 Å². The van der Waals surface area contributed by atoms with Gasteiger partial charge in [-0.05, 0) is 73.4 Å². The number of hydrogen-bond donors (Lipinski definition) is 1. The second-order valence-corrected chi connectivity index (χ2v) is 8.82. The molecule has 190 valence electrons. The molecule has 0 spiro atoms. The number of amides is 2. The van der Waals surface area contributed by atoms with Gasteiger partial charge in [0.2, 0.25) is 0 Å². The van der Waals surface area contributed by atoms with Gasteiger partial charge >= 0.3 is 6.03 Å². The summed E-state index contributed by atoms with van der Waals surface area (Å²) in [6.45, 7) is 2.61. The van der Waals surface area contributed by atoms with Gasteiger partial charge in [-0.2, -0.15) is 0 Å². The summed E-state index contributed by atoms with van der Waals surface area (Å²) in [5.74, 6) is 3.17. The van der Waals surface area contributed by atoms with Crippen molar-refractivity contribution >= 4 is 28.3 Å². The lowest BCUT2D eigenvalue weighted by Gasteiger charge is -2.30. The van der Waals surface area contributed by atoms with E-state index in [9.17, 15) is 4.79 Å². The zero-order valence-electron chi connectivity index (χ0n) is 21.3. The number of urea groups is 1. The third kappa shape index (κ3) is 4.82. The molecule has 4 aromatic rings.